The van der Waals surface area contributed by atoms with E-state index in [1.54, 1.807) is 17.1 Å². The van der Waals surface area contributed by atoms with Gasteiger partial charge in [-0.25, -0.2) is 4.68 Å². The Morgan fingerprint density at radius 3 is 3.00 bits per heavy atom. The van der Waals surface area contributed by atoms with E-state index in [0.29, 0.717) is 0 Å². The van der Waals surface area contributed by atoms with Crippen molar-refractivity contribution in [3.05, 3.63) is 36.7 Å². The molecule has 20 heavy (non-hydrogen) atoms. The van der Waals surface area contributed by atoms with Crippen LogP contribution in [0, 0.1) is 0 Å². The summed E-state index contributed by atoms with van der Waals surface area (Å²) in [6.07, 6.45) is 6.48. The van der Waals surface area contributed by atoms with Crippen molar-refractivity contribution in [3.63, 3.8) is 0 Å². The van der Waals surface area contributed by atoms with Crippen LogP contribution in [0.2, 0.25) is 0 Å². The van der Waals surface area contributed by atoms with Gasteiger partial charge in [0.25, 0.3) is 0 Å². The average molecular weight is 271 g/mol. The summed E-state index contributed by atoms with van der Waals surface area (Å²) >= 11 is 0. The molecular formula is C14H17N5O. The van der Waals surface area contributed by atoms with Crippen LogP contribution in [0.1, 0.15) is 19.3 Å². The van der Waals surface area contributed by atoms with Gasteiger partial charge < -0.3 is 10.6 Å². The van der Waals surface area contributed by atoms with Gasteiger partial charge >= 0.3 is 0 Å². The maximum absolute atomic E-state index is 12.3. The van der Waals surface area contributed by atoms with Gasteiger partial charge in [-0.15, -0.1) is 5.10 Å². The lowest BCUT2D eigenvalue weighted by atomic mass is 10.0. The van der Waals surface area contributed by atoms with Crippen LogP contribution in [0.15, 0.2) is 36.7 Å². The predicted molar refractivity (Wildman–Crippen MR) is 75.6 cm³/mol. The number of hydrogen-bond acceptors (Lipinski definition) is 4. The number of rotatable bonds is 3. The molecule has 1 fully saturated rings. The Morgan fingerprint density at radius 1 is 1.35 bits per heavy atom. The van der Waals surface area contributed by atoms with E-state index in [1.807, 2.05) is 24.3 Å². The molecule has 2 heterocycles. The smallest absolute Gasteiger partial charge is 0.241 e. The molecule has 1 saturated heterocycles. The number of piperidine rings is 1. The molecule has 0 saturated carbocycles. The fourth-order valence-corrected chi connectivity index (χ4v) is 2.41. The summed E-state index contributed by atoms with van der Waals surface area (Å²) in [5.74, 6) is 0.0114. The molecule has 1 aliphatic rings. The lowest BCUT2D eigenvalue weighted by Crippen LogP contribution is -2.43. The van der Waals surface area contributed by atoms with Gasteiger partial charge in [-0.1, -0.05) is 23.8 Å². The number of nitrogens with one attached hydrogen (secondary N) is 2. The zero-order valence-electron chi connectivity index (χ0n) is 11.1. The molecule has 1 aliphatic heterocycles. The van der Waals surface area contributed by atoms with E-state index >= 15 is 0 Å². The van der Waals surface area contributed by atoms with Gasteiger partial charge in [0, 0.05) is 0 Å². The number of amides is 1. The van der Waals surface area contributed by atoms with Crippen molar-refractivity contribution < 1.29 is 4.79 Å². The Morgan fingerprint density at radius 2 is 2.25 bits per heavy atom. The summed E-state index contributed by atoms with van der Waals surface area (Å²) in [5.41, 5.74) is 1.56. The first-order valence-corrected chi connectivity index (χ1v) is 6.84. The Balaban J connectivity index is 1.79. The number of benzene rings is 1. The van der Waals surface area contributed by atoms with E-state index in [1.165, 1.54) is 0 Å². The topological polar surface area (TPSA) is 71.8 Å². The Kier molecular flexibility index (Phi) is 3.73. The number of para-hydroxylation sites is 2. The van der Waals surface area contributed by atoms with Crippen LogP contribution in [0.5, 0.6) is 0 Å². The predicted octanol–water partition coefficient (Wildman–Crippen LogP) is 1.35. The summed E-state index contributed by atoms with van der Waals surface area (Å²) in [6, 6.07) is 7.47. The molecular weight excluding hydrogens is 254 g/mol. The number of carbonyl (C=O) groups excluding carboxylic acids is 1. The second-order valence-electron chi connectivity index (χ2n) is 4.86. The number of aromatic nitrogens is 3. The largest absolute Gasteiger partial charge is 0.323 e. The fraction of sp³-hybridized carbons (Fsp3) is 0.357. The molecule has 0 aliphatic carbocycles. The first-order chi connectivity index (χ1) is 9.84. The van der Waals surface area contributed by atoms with Crippen molar-refractivity contribution in [2.24, 2.45) is 0 Å². The molecule has 1 aromatic heterocycles. The lowest BCUT2D eigenvalue weighted by molar-refractivity contribution is -0.118. The van der Waals surface area contributed by atoms with Crippen LogP contribution in [0.3, 0.4) is 0 Å². The molecule has 0 spiro atoms. The monoisotopic (exact) mass is 271 g/mol. The Hall–Kier alpha value is -2.21. The third-order valence-electron chi connectivity index (χ3n) is 3.46. The molecule has 2 N–H and O–H groups in total. The third kappa shape index (κ3) is 2.70. The van der Waals surface area contributed by atoms with Gasteiger partial charge in [0.2, 0.25) is 5.91 Å². The van der Waals surface area contributed by atoms with Gasteiger partial charge in [-0.05, 0) is 31.5 Å². The van der Waals surface area contributed by atoms with E-state index in [2.05, 4.69) is 20.9 Å². The number of hydrogen-bond donors (Lipinski definition) is 2. The Labute approximate surface area is 117 Å². The van der Waals surface area contributed by atoms with E-state index in [0.717, 1.165) is 37.2 Å². The molecule has 1 atom stereocenters. The lowest BCUT2D eigenvalue weighted by Gasteiger charge is -2.23. The summed E-state index contributed by atoms with van der Waals surface area (Å²) in [4.78, 5) is 12.3. The van der Waals surface area contributed by atoms with Gasteiger partial charge in [0.15, 0.2) is 0 Å². The first kappa shape index (κ1) is 12.8. The van der Waals surface area contributed by atoms with E-state index < -0.39 is 0 Å². The summed E-state index contributed by atoms with van der Waals surface area (Å²) in [5, 5.41) is 14.0. The number of carbonyl (C=O) groups is 1. The number of anilines is 1. The van der Waals surface area contributed by atoms with Crippen molar-refractivity contribution in [1.29, 1.82) is 0 Å². The van der Waals surface area contributed by atoms with Gasteiger partial charge in [0.05, 0.1) is 29.8 Å². The van der Waals surface area contributed by atoms with Crippen molar-refractivity contribution in [2.75, 3.05) is 11.9 Å². The van der Waals surface area contributed by atoms with Gasteiger partial charge in [-0.2, -0.15) is 0 Å². The highest BCUT2D eigenvalue weighted by Crippen LogP contribution is 2.19. The quantitative estimate of drug-likeness (QED) is 0.884. The third-order valence-corrected chi connectivity index (χ3v) is 3.46. The highest BCUT2D eigenvalue weighted by Gasteiger charge is 2.21. The minimum atomic E-state index is -0.104. The molecule has 6 nitrogen and oxygen atoms in total. The molecule has 0 unspecified atom stereocenters. The van der Waals surface area contributed by atoms with E-state index in [9.17, 15) is 4.79 Å². The van der Waals surface area contributed by atoms with Crippen molar-refractivity contribution in [2.45, 2.75) is 25.3 Å². The second-order valence-corrected chi connectivity index (χ2v) is 4.86. The van der Waals surface area contributed by atoms with Crippen LogP contribution < -0.4 is 10.6 Å². The van der Waals surface area contributed by atoms with Gasteiger partial charge in [-0.3, -0.25) is 4.79 Å². The van der Waals surface area contributed by atoms with Gasteiger partial charge in [0.1, 0.15) is 0 Å². The fourth-order valence-electron chi connectivity index (χ4n) is 2.41. The summed E-state index contributed by atoms with van der Waals surface area (Å²) in [6.45, 7) is 0.906. The van der Waals surface area contributed by atoms with Crippen LogP contribution in [-0.4, -0.2) is 33.5 Å². The molecule has 6 heteroatoms. The number of nitrogens with zero attached hydrogens (tertiary/aromatic N) is 3. The molecule has 1 aromatic carbocycles. The molecule has 2 aromatic rings. The highest BCUT2D eigenvalue weighted by atomic mass is 16.2. The minimum Gasteiger partial charge on any atom is -0.323 e. The first-order valence-electron chi connectivity index (χ1n) is 6.84. The highest BCUT2D eigenvalue weighted by molar-refractivity contribution is 5.96. The SMILES string of the molecule is O=C(Nc1ccccc1-n1ccnn1)[C@@H]1CCCCN1. The summed E-state index contributed by atoms with van der Waals surface area (Å²) in [7, 11) is 0. The maximum atomic E-state index is 12.3. The van der Waals surface area contributed by atoms with Crippen molar-refractivity contribution in [3.8, 4) is 5.69 Å². The van der Waals surface area contributed by atoms with Crippen molar-refractivity contribution >= 4 is 11.6 Å². The van der Waals surface area contributed by atoms with Crippen LogP contribution in [0.4, 0.5) is 5.69 Å². The molecule has 0 bridgehead atoms. The van der Waals surface area contributed by atoms with E-state index in [-0.39, 0.29) is 11.9 Å². The molecule has 104 valence electrons. The van der Waals surface area contributed by atoms with Crippen molar-refractivity contribution in [1.82, 2.24) is 20.3 Å². The standard InChI is InChI=1S/C14H17N5O/c20-14(12-6-3-4-8-15-12)17-11-5-1-2-7-13(11)19-10-9-16-18-19/h1-2,5,7,9-10,12,15H,3-4,6,8H2,(H,17,20)/t12-/m0/s1. The zero-order valence-corrected chi connectivity index (χ0v) is 11.1. The van der Waals surface area contributed by atoms with E-state index in [4.69, 9.17) is 0 Å². The van der Waals surface area contributed by atoms with Crippen LogP contribution >= 0.6 is 0 Å². The Bertz CT molecular complexity index is 575. The minimum absolute atomic E-state index is 0.0114. The maximum Gasteiger partial charge on any atom is 0.241 e. The molecule has 3 rings (SSSR count). The van der Waals surface area contributed by atoms with Crippen LogP contribution in [-0.2, 0) is 4.79 Å². The summed E-state index contributed by atoms with van der Waals surface area (Å²) < 4.78 is 1.64. The average Bonchev–Trinajstić information content (AvgIpc) is 3.03. The zero-order chi connectivity index (χ0) is 13.8. The molecule has 1 amide bonds. The normalized spacial score (nSPS) is 18.7. The molecule has 0 radical (unpaired) electrons. The second kappa shape index (κ2) is 5.83. The van der Waals surface area contributed by atoms with Crippen LogP contribution in [0.25, 0.3) is 5.69 Å².